The summed E-state index contributed by atoms with van der Waals surface area (Å²) >= 11 is 0. The zero-order valence-corrected chi connectivity index (χ0v) is 7.83. The average molecular weight is 218 g/mol. The van der Waals surface area contributed by atoms with Gasteiger partial charge in [-0.25, -0.2) is 13.6 Å². The maximum atomic E-state index is 12.4. The SMILES string of the molecule is CCOC(=O)c1c(C(F)F)coc1C=O. The Balaban J connectivity index is 3.15. The van der Waals surface area contributed by atoms with Crippen molar-refractivity contribution < 1.29 is 27.5 Å². The Bertz CT molecular complexity index is 370. The van der Waals surface area contributed by atoms with Gasteiger partial charge in [0.15, 0.2) is 12.0 Å². The van der Waals surface area contributed by atoms with Gasteiger partial charge in [-0.3, -0.25) is 4.79 Å². The normalized spacial score (nSPS) is 10.4. The summed E-state index contributed by atoms with van der Waals surface area (Å²) in [7, 11) is 0. The fraction of sp³-hybridized carbons (Fsp3) is 0.333. The van der Waals surface area contributed by atoms with E-state index in [1.807, 2.05) is 0 Å². The summed E-state index contributed by atoms with van der Waals surface area (Å²) in [5.74, 6) is -1.42. The number of furan rings is 1. The van der Waals surface area contributed by atoms with E-state index in [2.05, 4.69) is 9.15 Å². The molecule has 0 N–H and O–H groups in total. The summed E-state index contributed by atoms with van der Waals surface area (Å²) < 4.78 is 33.8. The zero-order valence-electron chi connectivity index (χ0n) is 7.83. The lowest BCUT2D eigenvalue weighted by Crippen LogP contribution is -2.08. The third-order valence-electron chi connectivity index (χ3n) is 1.67. The highest BCUT2D eigenvalue weighted by molar-refractivity contribution is 5.98. The molecule has 82 valence electrons. The lowest BCUT2D eigenvalue weighted by molar-refractivity contribution is 0.0513. The maximum absolute atomic E-state index is 12.4. The molecule has 0 amide bonds. The van der Waals surface area contributed by atoms with Crippen molar-refractivity contribution in [2.24, 2.45) is 0 Å². The summed E-state index contributed by atoms with van der Waals surface area (Å²) in [5, 5.41) is 0. The lowest BCUT2D eigenvalue weighted by atomic mass is 10.1. The van der Waals surface area contributed by atoms with Crippen molar-refractivity contribution in [2.75, 3.05) is 6.61 Å². The number of alkyl halides is 2. The van der Waals surface area contributed by atoms with E-state index in [1.54, 1.807) is 0 Å². The summed E-state index contributed by atoms with van der Waals surface area (Å²) in [6, 6.07) is 0. The standard InChI is InChI=1S/C9H8F2O4/c1-2-14-9(13)7-5(8(10)11)4-15-6(7)3-12/h3-4,8H,2H2,1H3. The van der Waals surface area contributed by atoms with Gasteiger partial charge in [-0.15, -0.1) is 0 Å². The molecule has 0 saturated carbocycles. The number of halogens is 2. The second-order valence-corrected chi connectivity index (χ2v) is 2.57. The van der Waals surface area contributed by atoms with E-state index in [9.17, 15) is 18.4 Å². The fourth-order valence-corrected chi connectivity index (χ4v) is 1.06. The van der Waals surface area contributed by atoms with Crippen LogP contribution in [-0.2, 0) is 4.74 Å². The molecule has 1 aromatic heterocycles. The Hall–Kier alpha value is -1.72. The minimum atomic E-state index is -2.89. The second kappa shape index (κ2) is 4.68. The zero-order chi connectivity index (χ0) is 11.4. The minimum absolute atomic E-state index is 0.0327. The van der Waals surface area contributed by atoms with Gasteiger partial charge >= 0.3 is 5.97 Å². The van der Waals surface area contributed by atoms with Crippen molar-refractivity contribution in [3.63, 3.8) is 0 Å². The summed E-state index contributed by atoms with van der Waals surface area (Å²) in [5.41, 5.74) is -1.13. The lowest BCUT2D eigenvalue weighted by Gasteiger charge is -2.02. The molecular weight excluding hydrogens is 210 g/mol. The van der Waals surface area contributed by atoms with E-state index < -0.39 is 29.3 Å². The molecule has 0 aromatic carbocycles. The molecule has 0 spiro atoms. The molecule has 0 fully saturated rings. The Morgan fingerprint density at radius 2 is 2.33 bits per heavy atom. The van der Waals surface area contributed by atoms with Crippen LogP contribution in [-0.4, -0.2) is 18.9 Å². The van der Waals surface area contributed by atoms with Crippen molar-refractivity contribution in [1.29, 1.82) is 0 Å². The Labute approximate surface area is 83.8 Å². The predicted octanol–water partition coefficient (Wildman–Crippen LogP) is 2.21. The van der Waals surface area contributed by atoms with Gasteiger partial charge in [0.25, 0.3) is 6.43 Å². The molecule has 0 aliphatic heterocycles. The first-order chi connectivity index (χ1) is 7.11. The number of hydrogen-bond acceptors (Lipinski definition) is 4. The molecule has 0 saturated heterocycles. The Kier molecular flexibility index (Phi) is 3.54. The molecule has 0 radical (unpaired) electrons. The molecule has 0 aliphatic rings. The van der Waals surface area contributed by atoms with Crippen LogP contribution in [0.1, 0.15) is 39.8 Å². The second-order valence-electron chi connectivity index (χ2n) is 2.57. The highest BCUT2D eigenvalue weighted by Crippen LogP contribution is 2.27. The molecular formula is C9H8F2O4. The topological polar surface area (TPSA) is 56.5 Å². The quantitative estimate of drug-likeness (QED) is 0.574. The number of aldehydes is 1. The number of rotatable bonds is 4. The van der Waals surface area contributed by atoms with Crippen LogP contribution in [0.5, 0.6) is 0 Å². The van der Waals surface area contributed by atoms with Gasteiger partial charge < -0.3 is 9.15 Å². The van der Waals surface area contributed by atoms with Crippen LogP contribution in [0.15, 0.2) is 10.7 Å². The predicted molar refractivity (Wildman–Crippen MR) is 45.0 cm³/mol. The number of carbonyl (C=O) groups is 2. The summed E-state index contributed by atoms with van der Waals surface area (Å²) in [4.78, 5) is 21.7. The molecule has 0 bridgehead atoms. The fourth-order valence-electron chi connectivity index (χ4n) is 1.06. The van der Waals surface area contributed by atoms with Crippen LogP contribution >= 0.6 is 0 Å². The van der Waals surface area contributed by atoms with Crippen molar-refractivity contribution >= 4 is 12.3 Å². The van der Waals surface area contributed by atoms with Gasteiger partial charge in [0, 0.05) is 0 Å². The summed E-state index contributed by atoms with van der Waals surface area (Å²) in [6.45, 7) is 1.56. The minimum Gasteiger partial charge on any atom is -0.462 e. The third kappa shape index (κ3) is 2.20. The van der Waals surface area contributed by atoms with Crippen molar-refractivity contribution in [2.45, 2.75) is 13.3 Å². The van der Waals surface area contributed by atoms with E-state index in [0.29, 0.717) is 6.26 Å². The number of ether oxygens (including phenoxy) is 1. The smallest absolute Gasteiger partial charge is 0.342 e. The van der Waals surface area contributed by atoms with Gasteiger partial charge in [0.1, 0.15) is 11.8 Å². The summed E-state index contributed by atoms with van der Waals surface area (Å²) in [6.07, 6.45) is -2.01. The average Bonchev–Trinajstić information content (AvgIpc) is 2.61. The van der Waals surface area contributed by atoms with Crippen LogP contribution in [0.3, 0.4) is 0 Å². The van der Waals surface area contributed by atoms with Crippen LogP contribution in [0.25, 0.3) is 0 Å². The first-order valence-electron chi connectivity index (χ1n) is 4.13. The van der Waals surface area contributed by atoms with Crippen molar-refractivity contribution in [3.8, 4) is 0 Å². The highest BCUT2D eigenvalue weighted by atomic mass is 19.3. The van der Waals surface area contributed by atoms with Crippen molar-refractivity contribution in [1.82, 2.24) is 0 Å². The highest BCUT2D eigenvalue weighted by Gasteiger charge is 2.26. The number of esters is 1. The van der Waals surface area contributed by atoms with Gasteiger partial charge in [-0.05, 0) is 6.92 Å². The third-order valence-corrected chi connectivity index (χ3v) is 1.67. The molecule has 0 aliphatic carbocycles. The molecule has 0 atom stereocenters. The number of hydrogen-bond donors (Lipinski definition) is 0. The van der Waals surface area contributed by atoms with Crippen LogP contribution in [0.2, 0.25) is 0 Å². The molecule has 15 heavy (non-hydrogen) atoms. The number of carbonyl (C=O) groups excluding carboxylic acids is 2. The van der Waals surface area contributed by atoms with Crippen LogP contribution in [0, 0.1) is 0 Å². The first kappa shape index (κ1) is 11.4. The molecule has 6 heteroatoms. The molecule has 0 unspecified atom stereocenters. The maximum Gasteiger partial charge on any atom is 0.342 e. The van der Waals surface area contributed by atoms with Crippen LogP contribution in [0.4, 0.5) is 8.78 Å². The van der Waals surface area contributed by atoms with Crippen molar-refractivity contribution in [3.05, 3.63) is 23.2 Å². The van der Waals surface area contributed by atoms with Gasteiger partial charge in [-0.2, -0.15) is 0 Å². The molecule has 1 aromatic rings. The Morgan fingerprint density at radius 1 is 1.67 bits per heavy atom. The largest absolute Gasteiger partial charge is 0.462 e. The first-order valence-corrected chi connectivity index (χ1v) is 4.13. The van der Waals surface area contributed by atoms with E-state index in [4.69, 9.17) is 0 Å². The van der Waals surface area contributed by atoms with E-state index >= 15 is 0 Å². The van der Waals surface area contributed by atoms with E-state index in [0.717, 1.165) is 0 Å². The monoisotopic (exact) mass is 218 g/mol. The molecule has 4 nitrogen and oxygen atoms in total. The van der Waals surface area contributed by atoms with Gasteiger partial charge in [0.2, 0.25) is 0 Å². The molecule has 1 heterocycles. The Morgan fingerprint density at radius 3 is 2.80 bits per heavy atom. The van der Waals surface area contributed by atoms with Gasteiger partial charge in [-0.1, -0.05) is 0 Å². The van der Waals surface area contributed by atoms with E-state index in [1.165, 1.54) is 6.92 Å². The molecule has 1 rings (SSSR count). The van der Waals surface area contributed by atoms with Gasteiger partial charge in [0.05, 0.1) is 12.2 Å². The van der Waals surface area contributed by atoms with E-state index in [-0.39, 0.29) is 12.9 Å². The van der Waals surface area contributed by atoms with Crippen LogP contribution < -0.4 is 0 Å².